The summed E-state index contributed by atoms with van der Waals surface area (Å²) < 4.78 is 12.6. The van der Waals surface area contributed by atoms with Crippen LogP contribution in [-0.2, 0) is 10.8 Å². The van der Waals surface area contributed by atoms with E-state index < -0.39 is 10.8 Å². The maximum atomic E-state index is 12.6. The van der Waals surface area contributed by atoms with Crippen LogP contribution in [0.25, 0.3) is 0 Å². The van der Waals surface area contributed by atoms with Gasteiger partial charge in [0.05, 0.1) is 39.1 Å². The van der Waals surface area contributed by atoms with Crippen molar-refractivity contribution in [1.82, 2.24) is 19.9 Å². The van der Waals surface area contributed by atoms with Crippen LogP contribution < -0.4 is 9.80 Å². The Kier molecular flexibility index (Phi) is 5.83. The molecule has 8 nitrogen and oxygen atoms in total. The van der Waals surface area contributed by atoms with Gasteiger partial charge in [-0.15, -0.1) is 0 Å². The number of aromatic nitrogens is 4. The Bertz CT molecular complexity index is 965. The van der Waals surface area contributed by atoms with Gasteiger partial charge in [0.15, 0.2) is 5.82 Å². The van der Waals surface area contributed by atoms with E-state index in [1.165, 1.54) is 0 Å². The molecule has 0 amide bonds. The Morgan fingerprint density at radius 3 is 2.61 bits per heavy atom. The van der Waals surface area contributed by atoms with Crippen molar-refractivity contribution >= 4 is 34.2 Å². The molecule has 1 saturated heterocycles. The second-order valence-electron chi connectivity index (χ2n) is 8.67. The van der Waals surface area contributed by atoms with Gasteiger partial charge < -0.3 is 14.9 Å². The molecule has 0 radical (unpaired) electrons. The van der Waals surface area contributed by atoms with Gasteiger partial charge in [0.1, 0.15) is 5.82 Å². The summed E-state index contributed by atoms with van der Waals surface area (Å²) in [6.45, 7) is 2.43. The summed E-state index contributed by atoms with van der Waals surface area (Å²) in [6, 6.07) is 0. The van der Waals surface area contributed by atoms with Crippen molar-refractivity contribution in [2.45, 2.75) is 54.9 Å². The monoisotopic (exact) mass is 462 g/mol. The Morgan fingerprint density at radius 1 is 1.10 bits per heavy atom. The van der Waals surface area contributed by atoms with E-state index in [1.54, 1.807) is 18.6 Å². The van der Waals surface area contributed by atoms with Crippen molar-refractivity contribution in [1.29, 1.82) is 0 Å². The lowest BCUT2D eigenvalue weighted by molar-refractivity contribution is 0.115. The molecule has 2 aromatic heterocycles. The highest BCUT2D eigenvalue weighted by Gasteiger charge is 2.45. The Balaban J connectivity index is 1.38. The summed E-state index contributed by atoms with van der Waals surface area (Å²) >= 11 is 5.93. The van der Waals surface area contributed by atoms with Crippen molar-refractivity contribution in [2.75, 3.05) is 41.8 Å². The van der Waals surface area contributed by atoms with E-state index in [4.69, 9.17) is 16.6 Å². The molecular weight excluding hydrogens is 436 g/mol. The predicted molar refractivity (Wildman–Crippen MR) is 120 cm³/mol. The third-order valence-electron chi connectivity index (χ3n) is 6.89. The van der Waals surface area contributed by atoms with Gasteiger partial charge >= 0.3 is 0 Å². The third-order valence-corrected chi connectivity index (χ3v) is 8.42. The van der Waals surface area contributed by atoms with Crippen molar-refractivity contribution in [3.05, 3.63) is 29.4 Å². The molecule has 4 heterocycles. The SMILES string of the molecule is O=[S@@]1CCN(C2(CO)CCC2)c2nc(N3CCCC(c4ncc(Cl)cn4)CC3)ncc21. The van der Waals surface area contributed by atoms with Gasteiger partial charge in [0.2, 0.25) is 5.95 Å². The lowest BCUT2D eigenvalue weighted by atomic mass is 9.76. The fourth-order valence-electron chi connectivity index (χ4n) is 4.90. The fraction of sp³-hybridized carbons (Fsp3) is 0.619. The molecule has 0 bridgehead atoms. The fourth-order valence-corrected chi connectivity index (χ4v) is 6.09. The lowest BCUT2D eigenvalue weighted by Gasteiger charge is -2.51. The van der Waals surface area contributed by atoms with Gasteiger partial charge in [-0.3, -0.25) is 4.21 Å². The second-order valence-corrected chi connectivity index (χ2v) is 10.6. The highest BCUT2D eigenvalue weighted by atomic mass is 35.5. The number of aliphatic hydroxyl groups excluding tert-OH is 1. The van der Waals surface area contributed by atoms with Crippen molar-refractivity contribution < 1.29 is 9.32 Å². The molecule has 0 aromatic carbocycles. The highest BCUT2D eigenvalue weighted by Crippen LogP contribution is 2.43. The number of hydrogen-bond donors (Lipinski definition) is 1. The van der Waals surface area contributed by atoms with E-state index >= 15 is 0 Å². The zero-order valence-electron chi connectivity index (χ0n) is 17.4. The Labute approximate surface area is 189 Å². The molecule has 0 spiro atoms. The molecule has 1 saturated carbocycles. The molecule has 10 heteroatoms. The Morgan fingerprint density at radius 2 is 1.90 bits per heavy atom. The number of nitrogens with zero attached hydrogens (tertiary/aromatic N) is 6. The molecule has 1 aliphatic carbocycles. The molecule has 1 N–H and O–H groups in total. The maximum absolute atomic E-state index is 12.6. The van der Waals surface area contributed by atoms with Crippen LogP contribution >= 0.6 is 11.6 Å². The van der Waals surface area contributed by atoms with Gasteiger partial charge in [0.25, 0.3) is 0 Å². The summed E-state index contributed by atoms with van der Waals surface area (Å²) in [7, 11) is -1.09. The summed E-state index contributed by atoms with van der Waals surface area (Å²) in [4.78, 5) is 23.4. The summed E-state index contributed by atoms with van der Waals surface area (Å²) in [5.41, 5.74) is -0.263. The molecule has 3 aliphatic rings. The van der Waals surface area contributed by atoms with Crippen LogP contribution in [0.15, 0.2) is 23.5 Å². The first-order chi connectivity index (χ1) is 15.1. The van der Waals surface area contributed by atoms with Crippen molar-refractivity contribution in [3.63, 3.8) is 0 Å². The number of hydrogen-bond acceptors (Lipinski definition) is 8. The van der Waals surface area contributed by atoms with E-state index in [-0.39, 0.29) is 18.1 Å². The third kappa shape index (κ3) is 3.91. The zero-order valence-corrected chi connectivity index (χ0v) is 19.0. The first-order valence-corrected chi connectivity index (χ1v) is 12.7. The van der Waals surface area contributed by atoms with Crippen LogP contribution in [-0.4, -0.2) is 66.8 Å². The topological polar surface area (TPSA) is 95.3 Å². The largest absolute Gasteiger partial charge is 0.394 e. The van der Waals surface area contributed by atoms with Gasteiger partial charge in [-0.25, -0.2) is 15.0 Å². The van der Waals surface area contributed by atoms with Gasteiger partial charge in [0, 0.05) is 43.7 Å². The summed E-state index contributed by atoms with van der Waals surface area (Å²) in [5, 5.41) is 10.6. The van der Waals surface area contributed by atoms with Crippen LogP contribution in [0, 0.1) is 0 Å². The first kappa shape index (κ1) is 21.0. The van der Waals surface area contributed by atoms with Crippen LogP contribution in [0.3, 0.4) is 0 Å². The normalized spacial score (nSPS) is 25.5. The van der Waals surface area contributed by atoms with Crippen molar-refractivity contribution in [3.8, 4) is 0 Å². The van der Waals surface area contributed by atoms with Crippen LogP contribution in [0.4, 0.5) is 11.8 Å². The second kappa shape index (κ2) is 8.60. The molecule has 5 rings (SSSR count). The first-order valence-electron chi connectivity index (χ1n) is 11.0. The lowest BCUT2D eigenvalue weighted by Crippen LogP contribution is -2.59. The minimum atomic E-state index is -1.09. The van der Waals surface area contributed by atoms with Crippen LogP contribution in [0.5, 0.6) is 0 Å². The molecular formula is C21H27ClN6O2S. The smallest absolute Gasteiger partial charge is 0.227 e. The van der Waals surface area contributed by atoms with Gasteiger partial charge in [-0.1, -0.05) is 11.6 Å². The predicted octanol–water partition coefficient (Wildman–Crippen LogP) is 2.54. The molecule has 31 heavy (non-hydrogen) atoms. The van der Waals surface area contributed by atoms with Gasteiger partial charge in [-0.05, 0) is 38.5 Å². The molecule has 166 valence electrons. The molecule has 2 aromatic rings. The van der Waals surface area contributed by atoms with E-state index in [0.717, 1.165) is 63.3 Å². The number of fused-ring (bicyclic) bond motifs is 1. The van der Waals surface area contributed by atoms with E-state index in [9.17, 15) is 9.32 Å². The van der Waals surface area contributed by atoms with E-state index in [1.807, 2.05) is 0 Å². The quantitative estimate of drug-likeness (QED) is 0.740. The number of aliphatic hydroxyl groups is 1. The average Bonchev–Trinajstić information content (AvgIpc) is 3.01. The molecule has 2 aliphatic heterocycles. The Hall–Kier alpha value is -1.84. The molecule has 2 fully saturated rings. The standard InChI is InChI=1S/C21H27ClN6O2S/c22-16-11-23-18(24-12-16)15-3-1-7-27(8-4-15)20-25-13-17-19(26-20)28(9-10-31(17)30)21(14-29)5-2-6-21/h11-13,15,29H,1-10,14H2/t15?,31-/m1/s1. The molecule has 1 unspecified atom stereocenters. The minimum Gasteiger partial charge on any atom is -0.394 e. The summed E-state index contributed by atoms with van der Waals surface area (Å²) in [5.74, 6) is 3.10. The average molecular weight is 463 g/mol. The summed E-state index contributed by atoms with van der Waals surface area (Å²) in [6.07, 6.45) is 11.0. The number of halogens is 1. The number of anilines is 2. The maximum Gasteiger partial charge on any atom is 0.227 e. The molecule has 2 atom stereocenters. The van der Waals surface area contributed by atoms with Crippen LogP contribution in [0.1, 0.15) is 50.3 Å². The zero-order chi connectivity index (χ0) is 21.4. The van der Waals surface area contributed by atoms with E-state index in [0.29, 0.717) is 28.2 Å². The van der Waals surface area contributed by atoms with Gasteiger partial charge in [-0.2, -0.15) is 4.98 Å². The van der Waals surface area contributed by atoms with Crippen LogP contribution in [0.2, 0.25) is 5.02 Å². The number of rotatable bonds is 4. The van der Waals surface area contributed by atoms with Crippen molar-refractivity contribution in [2.24, 2.45) is 0 Å². The van der Waals surface area contributed by atoms with E-state index in [2.05, 4.69) is 24.8 Å². The highest BCUT2D eigenvalue weighted by molar-refractivity contribution is 7.85. The minimum absolute atomic E-state index is 0.102.